The quantitative estimate of drug-likeness (QED) is 0.855. The van der Waals surface area contributed by atoms with Gasteiger partial charge >= 0.3 is 6.01 Å². The van der Waals surface area contributed by atoms with Crippen LogP contribution in [0.2, 0.25) is 5.02 Å². The largest absolute Gasteiger partial charge is 0.466 e. The monoisotopic (exact) mass is 253 g/mol. The van der Waals surface area contributed by atoms with Gasteiger partial charge in [-0.3, -0.25) is 15.1 Å². The Balaban J connectivity index is 2.14. The lowest BCUT2D eigenvalue weighted by Gasteiger charge is -2.02. The van der Waals surface area contributed by atoms with E-state index in [1.165, 1.54) is 25.6 Å². The maximum atomic E-state index is 11.8. The van der Waals surface area contributed by atoms with Gasteiger partial charge in [0.15, 0.2) is 0 Å². The van der Waals surface area contributed by atoms with Crippen molar-refractivity contribution in [2.24, 2.45) is 0 Å². The number of nitrogens with zero attached hydrogens (tertiary/aromatic N) is 3. The summed E-state index contributed by atoms with van der Waals surface area (Å²) in [5, 5.41) is 8.94. The van der Waals surface area contributed by atoms with Crippen LogP contribution in [0.25, 0.3) is 0 Å². The molecule has 2 N–H and O–H groups in total. The van der Waals surface area contributed by atoms with Gasteiger partial charge < -0.3 is 4.74 Å². The number of carbonyl (C=O) groups excluding carboxylic acids is 1. The zero-order valence-corrected chi connectivity index (χ0v) is 9.52. The van der Waals surface area contributed by atoms with Crippen molar-refractivity contribution in [3.05, 3.63) is 29.0 Å². The lowest BCUT2D eigenvalue weighted by molar-refractivity contribution is 0.102. The number of carbonyl (C=O) groups is 1. The van der Waals surface area contributed by atoms with Crippen molar-refractivity contribution in [1.29, 1.82) is 0 Å². The first-order valence-electron chi connectivity index (χ1n) is 4.58. The first-order valence-corrected chi connectivity index (χ1v) is 4.95. The van der Waals surface area contributed by atoms with Gasteiger partial charge in [-0.25, -0.2) is 5.10 Å². The van der Waals surface area contributed by atoms with Crippen LogP contribution in [0, 0.1) is 0 Å². The third kappa shape index (κ3) is 2.51. The predicted octanol–water partition coefficient (Wildman–Crippen LogP) is 1.11. The van der Waals surface area contributed by atoms with Crippen LogP contribution in [0.15, 0.2) is 18.5 Å². The number of halogens is 1. The zero-order valence-electron chi connectivity index (χ0n) is 8.77. The summed E-state index contributed by atoms with van der Waals surface area (Å²) in [5.41, 5.74) is 0.303. The summed E-state index contributed by atoms with van der Waals surface area (Å²) in [6, 6.07) is 1.65. The van der Waals surface area contributed by atoms with Crippen LogP contribution < -0.4 is 10.1 Å². The molecule has 0 fully saturated rings. The van der Waals surface area contributed by atoms with E-state index in [4.69, 9.17) is 16.3 Å². The predicted molar refractivity (Wildman–Crippen MR) is 60.1 cm³/mol. The van der Waals surface area contributed by atoms with Crippen LogP contribution in [0.1, 0.15) is 10.4 Å². The number of ether oxygens (including phenoxy) is 1. The van der Waals surface area contributed by atoms with Gasteiger partial charge in [0, 0.05) is 12.4 Å². The first-order chi connectivity index (χ1) is 8.20. The lowest BCUT2D eigenvalue weighted by atomic mass is 10.2. The third-order valence-electron chi connectivity index (χ3n) is 1.90. The van der Waals surface area contributed by atoms with E-state index in [1.807, 2.05) is 0 Å². The van der Waals surface area contributed by atoms with Gasteiger partial charge in [-0.15, -0.1) is 5.10 Å². The maximum absolute atomic E-state index is 11.8. The Morgan fingerprint density at radius 1 is 1.59 bits per heavy atom. The fourth-order valence-corrected chi connectivity index (χ4v) is 1.33. The maximum Gasteiger partial charge on any atom is 0.336 e. The number of nitrogens with one attached hydrogen (secondary N) is 2. The highest BCUT2D eigenvalue weighted by Gasteiger charge is 2.12. The van der Waals surface area contributed by atoms with Crippen molar-refractivity contribution in [1.82, 2.24) is 20.2 Å². The van der Waals surface area contributed by atoms with Crippen LogP contribution in [-0.2, 0) is 0 Å². The highest BCUT2D eigenvalue weighted by molar-refractivity contribution is 6.34. The molecule has 2 rings (SSSR count). The van der Waals surface area contributed by atoms with E-state index in [2.05, 4.69) is 25.5 Å². The van der Waals surface area contributed by atoms with Gasteiger partial charge in [0.1, 0.15) is 0 Å². The number of pyridine rings is 1. The minimum atomic E-state index is -0.406. The van der Waals surface area contributed by atoms with Crippen molar-refractivity contribution in [2.45, 2.75) is 0 Å². The molecule has 0 aliphatic carbocycles. The summed E-state index contributed by atoms with van der Waals surface area (Å²) in [5.74, 6) is -0.226. The van der Waals surface area contributed by atoms with E-state index in [9.17, 15) is 4.79 Å². The molecule has 2 aromatic rings. The van der Waals surface area contributed by atoms with Crippen molar-refractivity contribution in [3.63, 3.8) is 0 Å². The number of amides is 1. The number of rotatable bonds is 3. The van der Waals surface area contributed by atoms with E-state index in [-0.39, 0.29) is 17.0 Å². The molecular weight excluding hydrogens is 246 g/mol. The Morgan fingerprint density at radius 2 is 2.41 bits per heavy atom. The van der Waals surface area contributed by atoms with Gasteiger partial charge in [0.05, 0.1) is 17.7 Å². The lowest BCUT2D eigenvalue weighted by Crippen LogP contribution is -2.13. The van der Waals surface area contributed by atoms with E-state index in [0.29, 0.717) is 5.56 Å². The summed E-state index contributed by atoms with van der Waals surface area (Å²) in [4.78, 5) is 19.4. The Morgan fingerprint density at radius 3 is 3.06 bits per heavy atom. The number of H-pyrrole nitrogens is 1. The van der Waals surface area contributed by atoms with Gasteiger partial charge in [0.25, 0.3) is 5.91 Å². The van der Waals surface area contributed by atoms with Gasteiger partial charge in [-0.05, 0) is 6.07 Å². The van der Waals surface area contributed by atoms with Crippen LogP contribution in [0.5, 0.6) is 6.01 Å². The smallest absolute Gasteiger partial charge is 0.336 e. The Bertz CT molecular complexity index is 542. The molecule has 2 aromatic heterocycles. The minimum Gasteiger partial charge on any atom is -0.466 e. The second-order valence-corrected chi connectivity index (χ2v) is 3.39. The molecule has 0 saturated carbocycles. The average Bonchev–Trinajstić information content (AvgIpc) is 2.77. The highest BCUT2D eigenvalue weighted by Crippen LogP contribution is 2.15. The summed E-state index contributed by atoms with van der Waals surface area (Å²) in [6.45, 7) is 0. The molecular formula is C9H8ClN5O2. The van der Waals surface area contributed by atoms with Crippen molar-refractivity contribution < 1.29 is 9.53 Å². The fourth-order valence-electron chi connectivity index (χ4n) is 1.13. The number of aromatic nitrogens is 4. The van der Waals surface area contributed by atoms with E-state index >= 15 is 0 Å². The van der Waals surface area contributed by atoms with Gasteiger partial charge in [-0.2, -0.15) is 4.98 Å². The average molecular weight is 254 g/mol. The third-order valence-corrected chi connectivity index (χ3v) is 2.20. The first kappa shape index (κ1) is 11.3. The van der Waals surface area contributed by atoms with Crippen LogP contribution >= 0.6 is 11.6 Å². The summed E-state index contributed by atoms with van der Waals surface area (Å²) >= 11 is 5.82. The fraction of sp³-hybridized carbons (Fsp3) is 0.111. The second-order valence-electron chi connectivity index (χ2n) is 2.98. The molecule has 0 aromatic carbocycles. The molecule has 17 heavy (non-hydrogen) atoms. The summed E-state index contributed by atoms with van der Waals surface area (Å²) < 4.78 is 4.77. The van der Waals surface area contributed by atoms with Crippen LogP contribution in [0.4, 0.5) is 5.95 Å². The topological polar surface area (TPSA) is 92.8 Å². The standard InChI is InChI=1S/C9H8ClN5O2/c1-17-9-13-8(14-15-9)12-7(16)5-2-3-11-4-6(5)10/h2-4H,1H3,(H2,12,13,14,15,16). The number of methoxy groups -OCH3 is 1. The number of aromatic amines is 1. The van der Waals surface area contributed by atoms with Crippen LogP contribution in [0.3, 0.4) is 0 Å². The molecule has 0 spiro atoms. The molecule has 88 valence electrons. The van der Waals surface area contributed by atoms with E-state index in [0.717, 1.165) is 0 Å². The minimum absolute atomic E-state index is 0.140. The molecule has 0 radical (unpaired) electrons. The molecule has 2 heterocycles. The molecule has 1 amide bonds. The number of hydrogen-bond donors (Lipinski definition) is 2. The normalized spacial score (nSPS) is 10.0. The Labute approximate surface area is 101 Å². The van der Waals surface area contributed by atoms with Crippen LogP contribution in [-0.4, -0.2) is 33.2 Å². The van der Waals surface area contributed by atoms with Gasteiger partial charge in [0.2, 0.25) is 5.95 Å². The van der Waals surface area contributed by atoms with Crippen molar-refractivity contribution in [3.8, 4) is 6.01 Å². The number of hydrogen-bond acceptors (Lipinski definition) is 5. The molecule has 7 nitrogen and oxygen atoms in total. The van der Waals surface area contributed by atoms with Gasteiger partial charge in [-0.1, -0.05) is 11.6 Å². The van der Waals surface area contributed by atoms with Crippen molar-refractivity contribution in [2.75, 3.05) is 12.4 Å². The molecule has 0 atom stereocenters. The molecule has 0 saturated heterocycles. The summed E-state index contributed by atoms with van der Waals surface area (Å²) in [6.07, 6.45) is 2.86. The molecule has 0 aliphatic heterocycles. The highest BCUT2D eigenvalue weighted by atomic mass is 35.5. The number of anilines is 1. The SMILES string of the molecule is COc1n[nH]c(NC(=O)c2ccncc2Cl)n1. The van der Waals surface area contributed by atoms with E-state index in [1.54, 1.807) is 0 Å². The summed E-state index contributed by atoms with van der Waals surface area (Å²) in [7, 11) is 1.43. The molecule has 0 unspecified atom stereocenters. The van der Waals surface area contributed by atoms with Crippen molar-refractivity contribution >= 4 is 23.5 Å². The Hall–Kier alpha value is -2.15. The zero-order chi connectivity index (χ0) is 12.3. The molecule has 8 heteroatoms. The second kappa shape index (κ2) is 4.79. The molecule has 0 bridgehead atoms. The molecule has 0 aliphatic rings. The Kier molecular flexibility index (Phi) is 3.20. The van der Waals surface area contributed by atoms with E-state index < -0.39 is 5.91 Å².